The molecule has 0 aromatic rings. The van der Waals surface area contributed by atoms with E-state index in [4.69, 9.17) is 4.84 Å². The first-order valence-corrected chi connectivity index (χ1v) is 4.83. The van der Waals surface area contributed by atoms with Crippen LogP contribution < -0.4 is 0 Å². The number of hydrogen-bond donors (Lipinski definition) is 0. The SMILES string of the molecule is C=C/C(=C(/C)C(=C)C1CC(C)=NO1)[N+](=O)[O-]. The van der Waals surface area contributed by atoms with Gasteiger partial charge >= 0.3 is 0 Å². The Balaban J connectivity index is 2.89. The molecule has 0 aromatic heterocycles. The number of nitrogens with zero attached hydrogens (tertiary/aromatic N) is 2. The Bertz CT molecular complexity index is 407. The average molecular weight is 222 g/mol. The molecule has 16 heavy (non-hydrogen) atoms. The molecule has 0 saturated carbocycles. The first-order valence-electron chi connectivity index (χ1n) is 4.83. The zero-order chi connectivity index (χ0) is 12.3. The molecule has 0 N–H and O–H groups in total. The maximum Gasteiger partial charge on any atom is 0.272 e. The lowest BCUT2D eigenvalue weighted by molar-refractivity contribution is -0.420. The summed E-state index contributed by atoms with van der Waals surface area (Å²) in [5.74, 6) is 0. The lowest BCUT2D eigenvalue weighted by Gasteiger charge is -2.11. The maximum absolute atomic E-state index is 10.7. The number of hydrogen-bond acceptors (Lipinski definition) is 4. The van der Waals surface area contributed by atoms with Crippen molar-refractivity contribution in [1.82, 2.24) is 0 Å². The van der Waals surface area contributed by atoms with E-state index in [0.717, 1.165) is 5.71 Å². The standard InChI is InChI=1S/C11H14N2O3/c1-5-10(13(14)15)8(3)9(4)11-6-7(2)12-16-11/h5,11H,1,4,6H2,2-3H3/b10-8+. The summed E-state index contributed by atoms with van der Waals surface area (Å²) in [4.78, 5) is 15.4. The highest BCUT2D eigenvalue weighted by Crippen LogP contribution is 2.25. The summed E-state index contributed by atoms with van der Waals surface area (Å²) >= 11 is 0. The summed E-state index contributed by atoms with van der Waals surface area (Å²) in [6.07, 6.45) is 1.54. The van der Waals surface area contributed by atoms with Gasteiger partial charge in [-0.2, -0.15) is 0 Å². The molecule has 1 atom stereocenters. The second-order valence-corrected chi connectivity index (χ2v) is 3.62. The molecule has 1 rings (SSSR count). The molecule has 1 aliphatic rings. The lowest BCUT2D eigenvalue weighted by Crippen LogP contribution is -2.13. The highest BCUT2D eigenvalue weighted by molar-refractivity contribution is 5.83. The molecule has 0 amide bonds. The fourth-order valence-corrected chi connectivity index (χ4v) is 1.45. The molecular weight excluding hydrogens is 208 g/mol. The van der Waals surface area contributed by atoms with Crippen molar-refractivity contribution in [3.63, 3.8) is 0 Å². The normalized spacial score (nSPS) is 20.6. The predicted octanol–water partition coefficient (Wildman–Crippen LogP) is 2.44. The summed E-state index contributed by atoms with van der Waals surface area (Å²) in [5, 5.41) is 14.5. The molecule has 86 valence electrons. The van der Waals surface area contributed by atoms with Gasteiger partial charge in [0.05, 0.1) is 10.6 Å². The van der Waals surface area contributed by atoms with Gasteiger partial charge in [-0.1, -0.05) is 18.3 Å². The average Bonchev–Trinajstić information content (AvgIpc) is 2.64. The number of allylic oxidation sites excluding steroid dienone is 1. The van der Waals surface area contributed by atoms with Gasteiger partial charge in [0.15, 0.2) is 6.10 Å². The molecule has 0 radical (unpaired) electrons. The smallest absolute Gasteiger partial charge is 0.272 e. The van der Waals surface area contributed by atoms with E-state index < -0.39 is 4.92 Å². The second-order valence-electron chi connectivity index (χ2n) is 3.62. The Morgan fingerprint density at radius 2 is 2.38 bits per heavy atom. The van der Waals surface area contributed by atoms with Gasteiger partial charge in [-0.3, -0.25) is 10.1 Å². The van der Waals surface area contributed by atoms with E-state index >= 15 is 0 Å². The molecule has 5 nitrogen and oxygen atoms in total. The minimum atomic E-state index is -0.476. The summed E-state index contributed by atoms with van der Waals surface area (Å²) in [5.41, 5.74) is 1.88. The molecule has 1 heterocycles. The van der Waals surface area contributed by atoms with Gasteiger partial charge in [0.2, 0.25) is 0 Å². The largest absolute Gasteiger partial charge is 0.387 e. The first kappa shape index (κ1) is 12.2. The van der Waals surface area contributed by atoms with E-state index in [-0.39, 0.29) is 11.8 Å². The van der Waals surface area contributed by atoms with Gasteiger partial charge in [0.25, 0.3) is 5.70 Å². The highest BCUT2D eigenvalue weighted by atomic mass is 16.6. The summed E-state index contributed by atoms with van der Waals surface area (Å²) < 4.78 is 0. The molecule has 0 spiro atoms. The molecular formula is C11H14N2O3. The summed E-state index contributed by atoms with van der Waals surface area (Å²) in [6.45, 7) is 10.7. The Hall–Kier alpha value is -1.91. The van der Waals surface area contributed by atoms with E-state index in [1.165, 1.54) is 6.08 Å². The van der Waals surface area contributed by atoms with Crippen molar-refractivity contribution in [2.45, 2.75) is 26.4 Å². The molecule has 1 unspecified atom stereocenters. The molecule has 0 aliphatic carbocycles. The van der Waals surface area contributed by atoms with E-state index in [9.17, 15) is 10.1 Å². The predicted molar refractivity (Wildman–Crippen MR) is 61.6 cm³/mol. The Kier molecular flexibility index (Phi) is 3.60. The maximum atomic E-state index is 10.7. The third-order valence-corrected chi connectivity index (χ3v) is 2.46. The Morgan fingerprint density at radius 1 is 1.75 bits per heavy atom. The Labute approximate surface area is 93.9 Å². The number of nitro groups is 1. The second kappa shape index (κ2) is 4.74. The van der Waals surface area contributed by atoms with Crippen LogP contribution in [0.1, 0.15) is 20.3 Å². The van der Waals surface area contributed by atoms with E-state index in [1.54, 1.807) is 6.92 Å². The van der Waals surface area contributed by atoms with Crippen molar-refractivity contribution >= 4 is 5.71 Å². The van der Waals surface area contributed by atoms with Crippen molar-refractivity contribution < 1.29 is 9.76 Å². The van der Waals surface area contributed by atoms with E-state index in [2.05, 4.69) is 18.3 Å². The highest BCUT2D eigenvalue weighted by Gasteiger charge is 2.25. The van der Waals surface area contributed by atoms with Crippen LogP contribution in [0.3, 0.4) is 0 Å². The van der Waals surface area contributed by atoms with Crippen LogP contribution >= 0.6 is 0 Å². The van der Waals surface area contributed by atoms with Crippen molar-refractivity contribution in [3.8, 4) is 0 Å². The number of oxime groups is 1. The van der Waals surface area contributed by atoms with Crippen LogP contribution in [-0.2, 0) is 4.84 Å². The molecule has 0 saturated heterocycles. The van der Waals surface area contributed by atoms with Crippen molar-refractivity contribution in [3.05, 3.63) is 46.2 Å². The topological polar surface area (TPSA) is 64.7 Å². The van der Waals surface area contributed by atoms with Crippen LogP contribution in [0.5, 0.6) is 0 Å². The van der Waals surface area contributed by atoms with Gasteiger partial charge < -0.3 is 4.84 Å². The van der Waals surface area contributed by atoms with Gasteiger partial charge in [0.1, 0.15) is 0 Å². The van der Waals surface area contributed by atoms with Crippen molar-refractivity contribution in [2.24, 2.45) is 5.16 Å². The minimum Gasteiger partial charge on any atom is -0.387 e. The Morgan fingerprint density at radius 3 is 2.75 bits per heavy atom. The minimum absolute atomic E-state index is 0.0434. The van der Waals surface area contributed by atoms with E-state index in [0.29, 0.717) is 17.6 Å². The fourth-order valence-electron chi connectivity index (χ4n) is 1.45. The van der Waals surface area contributed by atoms with Gasteiger partial charge in [-0.25, -0.2) is 0 Å². The molecule has 0 aromatic carbocycles. The van der Waals surface area contributed by atoms with Crippen LogP contribution in [-0.4, -0.2) is 16.7 Å². The fraction of sp³-hybridized carbons (Fsp3) is 0.364. The monoisotopic (exact) mass is 222 g/mol. The van der Waals surface area contributed by atoms with Crippen LogP contribution in [0.25, 0.3) is 0 Å². The summed E-state index contributed by atoms with van der Waals surface area (Å²) in [7, 11) is 0. The third-order valence-electron chi connectivity index (χ3n) is 2.46. The lowest BCUT2D eigenvalue weighted by atomic mass is 9.98. The summed E-state index contributed by atoms with van der Waals surface area (Å²) in [6, 6.07) is 0. The van der Waals surface area contributed by atoms with Crippen molar-refractivity contribution in [2.75, 3.05) is 0 Å². The molecule has 0 fully saturated rings. The van der Waals surface area contributed by atoms with Crippen LogP contribution in [0, 0.1) is 10.1 Å². The van der Waals surface area contributed by atoms with Crippen molar-refractivity contribution in [1.29, 1.82) is 0 Å². The van der Waals surface area contributed by atoms with Crippen LogP contribution in [0.4, 0.5) is 0 Å². The first-order chi connectivity index (χ1) is 7.47. The third kappa shape index (κ3) is 2.36. The van der Waals surface area contributed by atoms with E-state index in [1.807, 2.05) is 6.92 Å². The van der Waals surface area contributed by atoms with Crippen LogP contribution in [0.15, 0.2) is 41.2 Å². The zero-order valence-electron chi connectivity index (χ0n) is 9.40. The van der Waals surface area contributed by atoms with Gasteiger partial charge in [0, 0.05) is 18.1 Å². The van der Waals surface area contributed by atoms with Gasteiger partial charge in [-0.15, -0.1) is 0 Å². The molecule has 0 bridgehead atoms. The molecule has 5 heteroatoms. The quantitative estimate of drug-likeness (QED) is 0.417. The number of rotatable bonds is 4. The van der Waals surface area contributed by atoms with Crippen LogP contribution in [0.2, 0.25) is 0 Å². The van der Waals surface area contributed by atoms with Gasteiger partial charge in [-0.05, 0) is 19.4 Å². The zero-order valence-corrected chi connectivity index (χ0v) is 9.40. The molecule has 1 aliphatic heterocycles.